The number of quaternary nitrogens is 1. The number of rotatable bonds is 4. The van der Waals surface area contributed by atoms with Gasteiger partial charge in [0.1, 0.15) is 11.5 Å². The zero-order chi connectivity index (χ0) is 16.4. The van der Waals surface area contributed by atoms with Crippen LogP contribution in [-0.2, 0) is 4.79 Å². The molecule has 2 aromatic carbocycles. The first kappa shape index (κ1) is 15.2. The van der Waals surface area contributed by atoms with Crippen molar-refractivity contribution < 1.29 is 14.4 Å². The minimum atomic E-state index is -0.292. The molecule has 2 heterocycles. The summed E-state index contributed by atoms with van der Waals surface area (Å²) in [7, 11) is 0. The number of hydrogen-bond donors (Lipinski definition) is 2. The van der Waals surface area contributed by atoms with Gasteiger partial charge in [-0.25, -0.2) is 0 Å². The topological polar surface area (TPSA) is 42.8 Å². The monoisotopic (exact) mass is 323 g/mol. The van der Waals surface area contributed by atoms with Gasteiger partial charge in [0.05, 0.1) is 32.1 Å². The van der Waals surface area contributed by atoms with Gasteiger partial charge in [-0.3, -0.25) is 4.79 Å². The molecule has 1 amide bonds. The standard InChI is InChI=1S/C20H22N2O2/c23-20(21-11-14-22-12-5-6-13-22)19-15-7-1-3-9-17(15)24-18-10-4-2-8-16(18)19/h1-4,7-10,19H,5-6,11-14H2,(H,21,23)/p+1. The summed E-state index contributed by atoms with van der Waals surface area (Å²) in [5, 5.41) is 3.15. The van der Waals surface area contributed by atoms with E-state index in [1.165, 1.54) is 25.9 Å². The number of para-hydroxylation sites is 2. The Kier molecular flexibility index (Phi) is 4.22. The van der Waals surface area contributed by atoms with Crippen LogP contribution in [0.5, 0.6) is 11.5 Å². The molecule has 1 saturated heterocycles. The smallest absolute Gasteiger partial charge is 0.232 e. The van der Waals surface area contributed by atoms with E-state index < -0.39 is 0 Å². The van der Waals surface area contributed by atoms with Crippen molar-refractivity contribution >= 4 is 5.91 Å². The van der Waals surface area contributed by atoms with Gasteiger partial charge in [0, 0.05) is 24.0 Å². The third-order valence-corrected chi connectivity index (χ3v) is 5.03. The molecule has 4 heteroatoms. The number of carbonyl (C=O) groups excluding carboxylic acids is 1. The molecule has 0 radical (unpaired) electrons. The molecule has 1 fully saturated rings. The number of ether oxygens (including phenoxy) is 1. The number of benzene rings is 2. The highest BCUT2D eigenvalue weighted by Gasteiger charge is 2.32. The Balaban J connectivity index is 1.54. The lowest BCUT2D eigenvalue weighted by Gasteiger charge is -2.27. The summed E-state index contributed by atoms with van der Waals surface area (Å²) < 4.78 is 5.96. The maximum atomic E-state index is 12.9. The molecule has 0 bridgehead atoms. The molecule has 124 valence electrons. The largest absolute Gasteiger partial charge is 0.457 e. The van der Waals surface area contributed by atoms with Gasteiger partial charge < -0.3 is 15.0 Å². The van der Waals surface area contributed by atoms with E-state index in [0.29, 0.717) is 0 Å². The van der Waals surface area contributed by atoms with Gasteiger partial charge in [-0.1, -0.05) is 36.4 Å². The Bertz CT molecular complexity index is 692. The predicted octanol–water partition coefficient (Wildman–Crippen LogP) is 1.72. The maximum absolute atomic E-state index is 12.9. The highest BCUT2D eigenvalue weighted by Crippen LogP contribution is 2.43. The Morgan fingerprint density at radius 1 is 1.00 bits per heavy atom. The average molecular weight is 323 g/mol. The van der Waals surface area contributed by atoms with Crippen LogP contribution in [-0.4, -0.2) is 32.1 Å². The van der Waals surface area contributed by atoms with Gasteiger partial charge in [0.2, 0.25) is 5.91 Å². The van der Waals surface area contributed by atoms with Gasteiger partial charge in [0.15, 0.2) is 0 Å². The van der Waals surface area contributed by atoms with Crippen LogP contribution < -0.4 is 15.0 Å². The van der Waals surface area contributed by atoms with Gasteiger partial charge in [-0.15, -0.1) is 0 Å². The Labute approximate surface area is 142 Å². The van der Waals surface area contributed by atoms with E-state index >= 15 is 0 Å². The molecule has 2 aromatic rings. The first-order valence-electron chi connectivity index (χ1n) is 8.80. The molecule has 0 spiro atoms. The maximum Gasteiger partial charge on any atom is 0.232 e. The Morgan fingerprint density at radius 2 is 1.58 bits per heavy atom. The minimum absolute atomic E-state index is 0.0665. The van der Waals surface area contributed by atoms with Crippen LogP contribution in [0.15, 0.2) is 48.5 Å². The molecule has 0 atom stereocenters. The van der Waals surface area contributed by atoms with Gasteiger partial charge in [-0.2, -0.15) is 0 Å². The zero-order valence-corrected chi connectivity index (χ0v) is 13.8. The molecule has 24 heavy (non-hydrogen) atoms. The fraction of sp³-hybridized carbons (Fsp3) is 0.350. The SMILES string of the molecule is O=C(NCC[NH+]1CCCC1)C1c2ccccc2Oc2ccccc21. The molecule has 2 N–H and O–H groups in total. The third kappa shape index (κ3) is 2.89. The van der Waals surface area contributed by atoms with Crippen molar-refractivity contribution in [1.29, 1.82) is 0 Å². The molecule has 2 aliphatic heterocycles. The quantitative estimate of drug-likeness (QED) is 0.900. The summed E-state index contributed by atoms with van der Waals surface area (Å²) in [4.78, 5) is 14.5. The van der Waals surface area contributed by atoms with Crippen LogP contribution in [0.3, 0.4) is 0 Å². The summed E-state index contributed by atoms with van der Waals surface area (Å²) in [5.74, 6) is 1.33. The Morgan fingerprint density at radius 3 is 2.21 bits per heavy atom. The van der Waals surface area contributed by atoms with E-state index in [2.05, 4.69) is 5.32 Å². The highest BCUT2D eigenvalue weighted by atomic mass is 16.5. The van der Waals surface area contributed by atoms with Crippen molar-refractivity contribution in [3.05, 3.63) is 59.7 Å². The van der Waals surface area contributed by atoms with Crippen LogP contribution in [0, 0.1) is 0 Å². The second-order valence-corrected chi connectivity index (χ2v) is 6.61. The molecule has 0 saturated carbocycles. The van der Waals surface area contributed by atoms with Crippen molar-refractivity contribution in [3.8, 4) is 11.5 Å². The fourth-order valence-electron chi connectivity index (χ4n) is 3.78. The number of amides is 1. The molecule has 0 unspecified atom stereocenters. The first-order valence-corrected chi connectivity index (χ1v) is 8.80. The van der Waals surface area contributed by atoms with E-state index in [9.17, 15) is 4.79 Å². The van der Waals surface area contributed by atoms with Crippen LogP contribution in [0.25, 0.3) is 0 Å². The molecule has 0 aromatic heterocycles. The summed E-state index contributed by atoms with van der Waals surface area (Å²) in [6.45, 7) is 4.21. The van der Waals surface area contributed by atoms with Crippen LogP contribution in [0.4, 0.5) is 0 Å². The van der Waals surface area contributed by atoms with E-state index in [1.807, 2.05) is 48.5 Å². The second-order valence-electron chi connectivity index (χ2n) is 6.61. The fourth-order valence-corrected chi connectivity index (χ4v) is 3.78. The lowest BCUT2D eigenvalue weighted by molar-refractivity contribution is -0.886. The number of hydrogen-bond acceptors (Lipinski definition) is 2. The van der Waals surface area contributed by atoms with Crippen LogP contribution in [0.1, 0.15) is 29.9 Å². The predicted molar refractivity (Wildman–Crippen MR) is 92.6 cm³/mol. The molecule has 4 nitrogen and oxygen atoms in total. The summed E-state index contributed by atoms with van der Waals surface area (Å²) in [5.41, 5.74) is 1.89. The normalized spacial score (nSPS) is 17.0. The minimum Gasteiger partial charge on any atom is -0.457 e. The van der Waals surface area contributed by atoms with Crippen molar-refractivity contribution in [3.63, 3.8) is 0 Å². The van der Waals surface area contributed by atoms with Gasteiger partial charge >= 0.3 is 0 Å². The lowest BCUT2D eigenvalue weighted by atomic mass is 9.87. The number of carbonyl (C=O) groups is 1. The van der Waals surface area contributed by atoms with E-state index in [-0.39, 0.29) is 11.8 Å². The summed E-state index contributed by atoms with van der Waals surface area (Å²) in [6, 6.07) is 15.6. The molecular formula is C20H23N2O2+. The van der Waals surface area contributed by atoms with Crippen molar-refractivity contribution in [2.45, 2.75) is 18.8 Å². The summed E-state index contributed by atoms with van der Waals surface area (Å²) in [6.07, 6.45) is 2.62. The third-order valence-electron chi connectivity index (χ3n) is 5.03. The molecule has 2 aliphatic rings. The van der Waals surface area contributed by atoms with Gasteiger partial charge in [0.25, 0.3) is 0 Å². The second kappa shape index (κ2) is 6.65. The molecule has 4 rings (SSSR count). The highest BCUT2D eigenvalue weighted by molar-refractivity contribution is 5.89. The van der Waals surface area contributed by atoms with Crippen LogP contribution in [0.2, 0.25) is 0 Å². The summed E-state index contributed by atoms with van der Waals surface area (Å²) >= 11 is 0. The average Bonchev–Trinajstić information content (AvgIpc) is 3.13. The number of nitrogens with one attached hydrogen (secondary N) is 2. The van der Waals surface area contributed by atoms with Crippen molar-refractivity contribution in [2.24, 2.45) is 0 Å². The van der Waals surface area contributed by atoms with E-state index in [4.69, 9.17) is 4.74 Å². The zero-order valence-electron chi connectivity index (χ0n) is 13.8. The van der Waals surface area contributed by atoms with Crippen molar-refractivity contribution in [1.82, 2.24) is 5.32 Å². The van der Waals surface area contributed by atoms with Gasteiger partial charge in [-0.05, 0) is 12.1 Å². The number of fused-ring (bicyclic) bond motifs is 2. The Hall–Kier alpha value is -2.33. The van der Waals surface area contributed by atoms with Crippen LogP contribution >= 0.6 is 0 Å². The van der Waals surface area contributed by atoms with E-state index in [0.717, 1.165) is 35.7 Å². The first-order chi connectivity index (χ1) is 11.8. The van der Waals surface area contributed by atoms with Crippen molar-refractivity contribution in [2.75, 3.05) is 26.2 Å². The molecule has 0 aliphatic carbocycles. The number of likely N-dealkylation sites (tertiary alicyclic amines) is 1. The molecular weight excluding hydrogens is 300 g/mol. The lowest BCUT2D eigenvalue weighted by Crippen LogP contribution is -3.10. The van der Waals surface area contributed by atoms with E-state index in [1.54, 1.807) is 4.90 Å².